The molecule has 1 aromatic carbocycles. The van der Waals surface area contributed by atoms with Crippen molar-refractivity contribution in [1.82, 2.24) is 30.0 Å². The quantitative estimate of drug-likeness (QED) is 0.673. The number of carbonyl (C=O) groups is 1. The van der Waals surface area contributed by atoms with Crippen molar-refractivity contribution in [2.24, 2.45) is 0 Å². The first kappa shape index (κ1) is 18.9. The van der Waals surface area contributed by atoms with E-state index in [2.05, 4.69) is 20.1 Å². The number of urea groups is 1. The van der Waals surface area contributed by atoms with Gasteiger partial charge in [-0.15, -0.1) is 10.2 Å². The zero-order valence-electron chi connectivity index (χ0n) is 16.7. The molecule has 0 aliphatic carbocycles. The van der Waals surface area contributed by atoms with E-state index in [0.29, 0.717) is 43.7 Å². The standard InChI is InChI=1S/C20H23N7O2.H2/c1-14-17(19-24-23-18(29-19)15-7-5-4-6-8-15)22-16(13-21-14)26-9-11-27(12-10-26)20(28)25(2)3;/h4-8,13H,9-12H2,1-3H3;1H. The highest BCUT2D eigenvalue weighted by atomic mass is 16.4. The third-order valence-corrected chi connectivity index (χ3v) is 4.85. The van der Waals surface area contributed by atoms with Crippen LogP contribution in [0.4, 0.5) is 10.6 Å². The number of benzene rings is 1. The number of anilines is 1. The monoisotopic (exact) mass is 395 g/mol. The molecule has 1 saturated heterocycles. The molecule has 1 aliphatic rings. The number of hydrogen-bond acceptors (Lipinski definition) is 7. The minimum atomic E-state index is 0. The van der Waals surface area contributed by atoms with Crippen molar-refractivity contribution in [3.63, 3.8) is 0 Å². The normalized spacial score (nSPS) is 14.2. The molecule has 3 aromatic rings. The summed E-state index contributed by atoms with van der Waals surface area (Å²) in [4.78, 5) is 26.9. The summed E-state index contributed by atoms with van der Waals surface area (Å²) in [5, 5.41) is 8.31. The van der Waals surface area contributed by atoms with Crippen LogP contribution in [0.15, 0.2) is 40.9 Å². The summed E-state index contributed by atoms with van der Waals surface area (Å²) >= 11 is 0. The Morgan fingerprint density at radius 1 is 1.07 bits per heavy atom. The van der Waals surface area contributed by atoms with Gasteiger partial charge in [-0.05, 0) is 19.1 Å². The summed E-state index contributed by atoms with van der Waals surface area (Å²) in [5.74, 6) is 1.53. The molecule has 0 spiro atoms. The van der Waals surface area contributed by atoms with Crippen molar-refractivity contribution in [2.45, 2.75) is 6.92 Å². The van der Waals surface area contributed by atoms with Gasteiger partial charge in [0.15, 0.2) is 5.69 Å². The van der Waals surface area contributed by atoms with E-state index in [1.54, 1.807) is 25.2 Å². The van der Waals surface area contributed by atoms with Gasteiger partial charge in [-0.3, -0.25) is 4.98 Å². The molecule has 1 aliphatic heterocycles. The van der Waals surface area contributed by atoms with Gasteiger partial charge in [-0.25, -0.2) is 9.78 Å². The SMILES string of the molecule is Cc1ncc(N2CCN(C(=O)N(C)C)CC2)nc1-c1nnc(-c2ccccc2)o1.[HH]. The molecule has 0 unspecified atom stereocenters. The summed E-state index contributed by atoms with van der Waals surface area (Å²) in [6, 6.07) is 9.64. The van der Waals surface area contributed by atoms with E-state index < -0.39 is 0 Å². The van der Waals surface area contributed by atoms with Crippen LogP contribution in [0.3, 0.4) is 0 Å². The molecule has 3 heterocycles. The Morgan fingerprint density at radius 3 is 2.45 bits per heavy atom. The Bertz CT molecular complexity index is 1000. The molecular weight excluding hydrogens is 370 g/mol. The first-order chi connectivity index (χ1) is 14.0. The van der Waals surface area contributed by atoms with Gasteiger partial charge in [0.1, 0.15) is 5.82 Å². The summed E-state index contributed by atoms with van der Waals surface area (Å²) in [6.07, 6.45) is 1.75. The molecule has 0 bridgehead atoms. The molecule has 4 rings (SSSR count). The Kier molecular flexibility index (Phi) is 5.11. The van der Waals surface area contributed by atoms with E-state index >= 15 is 0 Å². The predicted molar refractivity (Wildman–Crippen MR) is 110 cm³/mol. The van der Waals surface area contributed by atoms with Crippen molar-refractivity contribution >= 4 is 11.8 Å². The summed E-state index contributed by atoms with van der Waals surface area (Å²) in [6.45, 7) is 4.53. The van der Waals surface area contributed by atoms with Crippen LogP contribution in [0, 0.1) is 6.92 Å². The molecule has 29 heavy (non-hydrogen) atoms. The largest absolute Gasteiger partial charge is 0.415 e. The van der Waals surface area contributed by atoms with Crippen molar-refractivity contribution in [3.05, 3.63) is 42.2 Å². The van der Waals surface area contributed by atoms with Gasteiger partial charge in [-0.2, -0.15) is 0 Å². The first-order valence-corrected chi connectivity index (χ1v) is 9.47. The summed E-state index contributed by atoms with van der Waals surface area (Å²) in [5.41, 5.74) is 2.15. The van der Waals surface area contributed by atoms with Crippen molar-refractivity contribution in [1.29, 1.82) is 0 Å². The van der Waals surface area contributed by atoms with E-state index in [1.807, 2.05) is 42.2 Å². The van der Waals surface area contributed by atoms with Crippen molar-refractivity contribution in [2.75, 3.05) is 45.2 Å². The minimum Gasteiger partial charge on any atom is -0.415 e. The smallest absolute Gasteiger partial charge is 0.319 e. The topological polar surface area (TPSA) is 91.5 Å². The zero-order valence-corrected chi connectivity index (χ0v) is 16.7. The Balaban J connectivity index is 0.00000256. The first-order valence-electron chi connectivity index (χ1n) is 9.47. The van der Waals surface area contributed by atoms with Crippen molar-refractivity contribution in [3.8, 4) is 23.0 Å². The lowest BCUT2D eigenvalue weighted by Gasteiger charge is -2.36. The highest BCUT2D eigenvalue weighted by Gasteiger charge is 2.24. The fourth-order valence-electron chi connectivity index (χ4n) is 3.22. The van der Waals surface area contributed by atoms with Crippen LogP contribution in [0.5, 0.6) is 0 Å². The number of carbonyl (C=O) groups excluding carboxylic acids is 1. The molecule has 0 N–H and O–H groups in total. The molecular formula is C20H25N7O2. The van der Waals surface area contributed by atoms with Gasteiger partial charge in [0.25, 0.3) is 5.89 Å². The molecule has 2 amide bonds. The number of nitrogens with zero attached hydrogens (tertiary/aromatic N) is 7. The van der Waals surface area contributed by atoms with Crippen LogP contribution < -0.4 is 4.90 Å². The number of piperazine rings is 1. The third-order valence-electron chi connectivity index (χ3n) is 4.85. The van der Waals surface area contributed by atoms with Crippen LogP contribution in [0.1, 0.15) is 7.12 Å². The van der Waals surface area contributed by atoms with Gasteiger partial charge in [0, 0.05) is 47.3 Å². The number of amides is 2. The van der Waals surface area contributed by atoms with E-state index in [-0.39, 0.29) is 7.46 Å². The van der Waals surface area contributed by atoms with Crippen LogP contribution >= 0.6 is 0 Å². The molecule has 0 saturated carbocycles. The number of aryl methyl sites for hydroxylation is 1. The van der Waals surface area contributed by atoms with Crippen LogP contribution in [0.2, 0.25) is 0 Å². The number of rotatable bonds is 3. The van der Waals surface area contributed by atoms with Gasteiger partial charge in [0.2, 0.25) is 5.89 Å². The maximum atomic E-state index is 12.1. The van der Waals surface area contributed by atoms with Gasteiger partial charge >= 0.3 is 6.03 Å². The van der Waals surface area contributed by atoms with E-state index in [0.717, 1.165) is 17.1 Å². The Hall–Kier alpha value is -3.49. The highest BCUT2D eigenvalue weighted by molar-refractivity contribution is 5.74. The van der Waals surface area contributed by atoms with Gasteiger partial charge < -0.3 is 19.1 Å². The fraction of sp³-hybridized carbons (Fsp3) is 0.350. The number of hydrogen-bond donors (Lipinski definition) is 0. The molecule has 1 fully saturated rings. The summed E-state index contributed by atoms with van der Waals surface area (Å²) in [7, 11) is 3.53. The predicted octanol–water partition coefficient (Wildman–Crippen LogP) is 2.55. The van der Waals surface area contributed by atoms with Crippen LogP contribution in [-0.4, -0.2) is 76.3 Å². The zero-order chi connectivity index (χ0) is 20.4. The highest BCUT2D eigenvalue weighted by Crippen LogP contribution is 2.26. The molecule has 152 valence electrons. The van der Waals surface area contributed by atoms with Gasteiger partial charge in [-0.1, -0.05) is 18.2 Å². The molecule has 9 nitrogen and oxygen atoms in total. The van der Waals surface area contributed by atoms with Gasteiger partial charge in [0.05, 0.1) is 11.9 Å². The molecule has 9 heteroatoms. The lowest BCUT2D eigenvalue weighted by molar-refractivity contribution is 0.168. The fourth-order valence-corrected chi connectivity index (χ4v) is 3.22. The second-order valence-electron chi connectivity index (χ2n) is 7.09. The lowest BCUT2D eigenvalue weighted by atomic mass is 10.2. The second-order valence-corrected chi connectivity index (χ2v) is 7.09. The van der Waals surface area contributed by atoms with E-state index in [4.69, 9.17) is 9.40 Å². The molecule has 0 radical (unpaired) electrons. The van der Waals surface area contributed by atoms with Crippen LogP contribution in [-0.2, 0) is 0 Å². The summed E-state index contributed by atoms with van der Waals surface area (Å²) < 4.78 is 5.85. The maximum Gasteiger partial charge on any atom is 0.319 e. The van der Waals surface area contributed by atoms with E-state index in [9.17, 15) is 4.79 Å². The third kappa shape index (κ3) is 3.89. The molecule has 0 atom stereocenters. The number of aromatic nitrogens is 4. The van der Waals surface area contributed by atoms with Crippen molar-refractivity contribution < 1.29 is 10.6 Å². The minimum absolute atomic E-state index is 0. The maximum absolute atomic E-state index is 12.1. The Morgan fingerprint density at radius 2 is 1.76 bits per heavy atom. The molecule has 2 aromatic heterocycles. The van der Waals surface area contributed by atoms with E-state index in [1.165, 1.54) is 0 Å². The average molecular weight is 395 g/mol. The average Bonchev–Trinajstić information content (AvgIpc) is 3.24. The second kappa shape index (κ2) is 7.86. The lowest BCUT2D eigenvalue weighted by Crippen LogP contribution is -2.51. The van der Waals surface area contributed by atoms with Crippen LogP contribution in [0.25, 0.3) is 23.0 Å². The Labute approximate surface area is 170 Å².